The smallest absolute Gasteiger partial charge is 0.241 e. The summed E-state index contributed by atoms with van der Waals surface area (Å²) in [6.07, 6.45) is 4.51. The van der Waals surface area contributed by atoms with E-state index >= 15 is 8.78 Å². The zero-order chi connectivity index (χ0) is 23.1. The molecule has 1 unspecified atom stereocenters. The predicted molar refractivity (Wildman–Crippen MR) is 120 cm³/mol. The molecule has 1 aromatic carbocycles. The number of aromatic nitrogens is 4. The third-order valence-corrected chi connectivity index (χ3v) is 5.90. The number of nitrogens with zero attached hydrogens (tertiary/aromatic N) is 6. The van der Waals surface area contributed by atoms with Crippen LogP contribution in [0.3, 0.4) is 0 Å². The molecule has 3 aromatic heterocycles. The van der Waals surface area contributed by atoms with Crippen LogP contribution in [0.5, 0.6) is 0 Å². The minimum Gasteiger partial charge on any atom is -0.344 e. The third kappa shape index (κ3) is 3.52. The molecule has 4 aromatic rings. The second-order valence-corrected chi connectivity index (χ2v) is 7.89. The lowest BCUT2D eigenvalue weighted by Crippen LogP contribution is -2.48. The average molecular weight is 446 g/mol. The molecule has 1 aliphatic rings. The Hall–Kier alpha value is -4.10. The summed E-state index contributed by atoms with van der Waals surface area (Å²) < 4.78 is 32.2. The molecule has 4 heterocycles. The van der Waals surface area contributed by atoms with E-state index in [4.69, 9.17) is 0 Å². The highest BCUT2D eigenvalue weighted by Crippen LogP contribution is 2.34. The van der Waals surface area contributed by atoms with Crippen molar-refractivity contribution < 1.29 is 13.6 Å². The highest BCUT2D eigenvalue weighted by Gasteiger charge is 2.27. The van der Waals surface area contributed by atoms with Crippen LogP contribution < -0.4 is 4.90 Å². The SMILES string of the molecule is C=C=CC(c1c(F)cc2ncccc2c1F)c1cnc2ccc(N3CCN(C)C(=O)C3)nn12. The van der Waals surface area contributed by atoms with Crippen LogP contribution in [0.25, 0.3) is 16.6 Å². The summed E-state index contributed by atoms with van der Waals surface area (Å²) in [5, 5.41) is 4.87. The van der Waals surface area contributed by atoms with E-state index in [1.165, 1.54) is 24.5 Å². The Morgan fingerprint density at radius 2 is 2.06 bits per heavy atom. The van der Waals surface area contributed by atoms with E-state index < -0.39 is 17.6 Å². The maximum absolute atomic E-state index is 15.5. The van der Waals surface area contributed by atoms with Crippen LogP contribution in [0, 0.1) is 11.6 Å². The van der Waals surface area contributed by atoms with E-state index in [9.17, 15) is 4.79 Å². The number of fused-ring (bicyclic) bond motifs is 2. The van der Waals surface area contributed by atoms with Gasteiger partial charge in [-0.25, -0.2) is 18.3 Å². The molecule has 1 aliphatic heterocycles. The van der Waals surface area contributed by atoms with Crippen molar-refractivity contribution in [3.05, 3.63) is 84.0 Å². The van der Waals surface area contributed by atoms with E-state index in [0.717, 1.165) is 0 Å². The minimum absolute atomic E-state index is 0.00427. The number of carbonyl (C=O) groups excluding carboxylic acids is 1. The number of piperazine rings is 1. The van der Waals surface area contributed by atoms with Crippen LogP contribution in [0.4, 0.5) is 14.6 Å². The summed E-state index contributed by atoms with van der Waals surface area (Å²) in [6.45, 7) is 5.02. The standard InChI is InChI=1S/C24H20F2N6O/c1-3-5-16(23-17(25)12-18-15(24(23)26)6-4-9-27-18)19-13-28-20-7-8-21(29-32(19)20)31-11-10-30(2)22(33)14-31/h4-9,12-13,16H,1,10-11,14H2,2H3. The quantitative estimate of drug-likeness (QED) is 0.450. The van der Waals surface area contributed by atoms with Gasteiger partial charge in [-0.2, -0.15) is 0 Å². The van der Waals surface area contributed by atoms with E-state index in [2.05, 4.69) is 27.4 Å². The van der Waals surface area contributed by atoms with Gasteiger partial charge in [0.15, 0.2) is 5.65 Å². The topological polar surface area (TPSA) is 66.6 Å². The molecule has 0 spiro atoms. The molecule has 0 radical (unpaired) electrons. The molecule has 0 N–H and O–H groups in total. The largest absolute Gasteiger partial charge is 0.344 e. The lowest BCUT2D eigenvalue weighted by atomic mass is 9.93. The van der Waals surface area contributed by atoms with Gasteiger partial charge in [0.2, 0.25) is 5.91 Å². The fourth-order valence-corrected chi connectivity index (χ4v) is 4.10. The number of halogens is 2. The molecule has 1 saturated heterocycles. The molecule has 33 heavy (non-hydrogen) atoms. The number of hydrogen-bond acceptors (Lipinski definition) is 5. The number of imidazole rings is 1. The first-order valence-electron chi connectivity index (χ1n) is 10.4. The maximum atomic E-state index is 15.5. The van der Waals surface area contributed by atoms with Crippen molar-refractivity contribution in [2.75, 3.05) is 31.6 Å². The summed E-state index contributed by atoms with van der Waals surface area (Å²) in [4.78, 5) is 24.1. The van der Waals surface area contributed by atoms with Crippen LogP contribution in [0.1, 0.15) is 17.2 Å². The summed E-state index contributed by atoms with van der Waals surface area (Å²) in [5.74, 6) is -1.74. The molecule has 1 atom stereocenters. The van der Waals surface area contributed by atoms with Gasteiger partial charge in [-0.3, -0.25) is 9.78 Å². The van der Waals surface area contributed by atoms with Gasteiger partial charge in [0.1, 0.15) is 17.5 Å². The molecule has 5 rings (SSSR count). The minimum atomic E-state index is -0.876. The monoisotopic (exact) mass is 446 g/mol. The van der Waals surface area contributed by atoms with Crippen molar-refractivity contribution in [2.45, 2.75) is 5.92 Å². The zero-order valence-corrected chi connectivity index (χ0v) is 17.9. The van der Waals surface area contributed by atoms with E-state index in [1.54, 1.807) is 40.7 Å². The number of benzene rings is 1. The van der Waals surface area contributed by atoms with Crippen molar-refractivity contribution in [3.8, 4) is 0 Å². The van der Waals surface area contributed by atoms with Gasteiger partial charge in [0, 0.05) is 43.4 Å². The molecule has 0 aliphatic carbocycles. The lowest BCUT2D eigenvalue weighted by molar-refractivity contribution is -0.129. The van der Waals surface area contributed by atoms with Crippen molar-refractivity contribution in [1.29, 1.82) is 0 Å². The molecule has 7 nitrogen and oxygen atoms in total. The molecular formula is C24H20F2N6O. The first-order valence-corrected chi connectivity index (χ1v) is 10.4. The van der Waals surface area contributed by atoms with Crippen LogP contribution in [-0.2, 0) is 4.79 Å². The normalized spacial score (nSPS) is 15.2. The van der Waals surface area contributed by atoms with Gasteiger partial charge < -0.3 is 9.80 Å². The van der Waals surface area contributed by atoms with E-state index in [1.807, 2.05) is 4.90 Å². The van der Waals surface area contributed by atoms with Gasteiger partial charge >= 0.3 is 0 Å². The number of pyridine rings is 1. The fraction of sp³-hybridized carbons (Fsp3) is 0.208. The Kier molecular flexibility index (Phi) is 5.11. The first-order chi connectivity index (χ1) is 16.0. The van der Waals surface area contributed by atoms with Crippen LogP contribution >= 0.6 is 0 Å². The van der Waals surface area contributed by atoms with Crippen molar-refractivity contribution in [2.24, 2.45) is 0 Å². The van der Waals surface area contributed by atoms with Crippen LogP contribution in [0.15, 0.2) is 61.1 Å². The number of hydrogen-bond donors (Lipinski definition) is 0. The molecule has 0 saturated carbocycles. The maximum Gasteiger partial charge on any atom is 0.241 e. The molecule has 1 amide bonds. The van der Waals surface area contributed by atoms with Crippen molar-refractivity contribution >= 4 is 28.3 Å². The number of rotatable bonds is 4. The van der Waals surface area contributed by atoms with Crippen molar-refractivity contribution in [3.63, 3.8) is 0 Å². The summed E-state index contributed by atoms with van der Waals surface area (Å²) in [6, 6.07) is 7.93. The second kappa shape index (κ2) is 8.11. The van der Waals surface area contributed by atoms with Gasteiger partial charge in [0.05, 0.1) is 29.9 Å². The first kappa shape index (κ1) is 20.8. The summed E-state index contributed by atoms with van der Waals surface area (Å²) in [7, 11) is 1.76. The molecule has 166 valence electrons. The highest BCUT2D eigenvalue weighted by molar-refractivity contribution is 5.82. The Morgan fingerprint density at radius 1 is 1.21 bits per heavy atom. The molecule has 0 bridgehead atoms. The molecular weight excluding hydrogens is 426 g/mol. The van der Waals surface area contributed by atoms with Crippen LogP contribution in [-0.4, -0.2) is 57.1 Å². The number of allylic oxidation sites excluding steroid dienone is 1. The predicted octanol–water partition coefficient (Wildman–Crippen LogP) is 3.31. The second-order valence-electron chi connectivity index (χ2n) is 7.89. The van der Waals surface area contributed by atoms with Gasteiger partial charge in [-0.05, 0) is 30.3 Å². The lowest BCUT2D eigenvalue weighted by Gasteiger charge is -2.32. The zero-order valence-electron chi connectivity index (χ0n) is 17.9. The Morgan fingerprint density at radius 3 is 2.85 bits per heavy atom. The molecule has 9 heteroatoms. The summed E-state index contributed by atoms with van der Waals surface area (Å²) >= 11 is 0. The fourth-order valence-electron chi connectivity index (χ4n) is 4.10. The number of likely N-dealkylation sites (N-methyl/N-ethyl adjacent to an activating group) is 1. The Bertz CT molecular complexity index is 1440. The molecule has 1 fully saturated rings. The summed E-state index contributed by atoms with van der Waals surface area (Å²) in [5.41, 5.74) is 3.69. The van der Waals surface area contributed by atoms with E-state index in [-0.39, 0.29) is 28.9 Å². The van der Waals surface area contributed by atoms with Gasteiger partial charge in [0.25, 0.3) is 0 Å². The number of carbonyl (C=O) groups is 1. The Balaban J connectivity index is 1.65. The van der Waals surface area contributed by atoms with Gasteiger partial charge in [-0.15, -0.1) is 10.8 Å². The number of amides is 1. The third-order valence-electron chi connectivity index (χ3n) is 5.90. The Labute approximate surface area is 188 Å². The average Bonchev–Trinajstić information content (AvgIpc) is 3.23. The van der Waals surface area contributed by atoms with E-state index in [0.29, 0.717) is 30.2 Å². The van der Waals surface area contributed by atoms with Crippen LogP contribution in [0.2, 0.25) is 0 Å². The van der Waals surface area contributed by atoms with Crippen molar-refractivity contribution in [1.82, 2.24) is 24.5 Å². The van der Waals surface area contributed by atoms with Gasteiger partial charge in [-0.1, -0.05) is 6.58 Å². The number of anilines is 1. The highest BCUT2D eigenvalue weighted by atomic mass is 19.1.